The number of hydrogen-bond donors (Lipinski definition) is 0. The van der Waals surface area contributed by atoms with Crippen LogP contribution in [0.15, 0.2) is 217 Å². The molecule has 0 nitrogen and oxygen atoms in total. The van der Waals surface area contributed by atoms with E-state index in [1.54, 1.807) is 0 Å². The van der Waals surface area contributed by atoms with E-state index >= 15 is 0 Å². The number of benzene rings is 9. The van der Waals surface area contributed by atoms with E-state index in [9.17, 15) is 0 Å². The topological polar surface area (TPSA) is 0 Å². The average Bonchev–Trinajstić information content (AvgIpc) is 3.77. The van der Waals surface area contributed by atoms with Crippen molar-refractivity contribution in [1.82, 2.24) is 0 Å². The molecule has 0 aliphatic heterocycles. The third-order valence-electron chi connectivity index (χ3n) is 16.8. The van der Waals surface area contributed by atoms with E-state index in [1.807, 2.05) is 0 Å². The van der Waals surface area contributed by atoms with Crippen LogP contribution < -0.4 is 15.6 Å². The summed E-state index contributed by atoms with van der Waals surface area (Å²) < 4.78 is 0. The smallest absolute Gasteiger partial charge is 0.155 e. The van der Waals surface area contributed by atoms with Crippen LogP contribution >= 0.6 is 37.2 Å². The van der Waals surface area contributed by atoms with Crippen molar-refractivity contribution in [2.24, 2.45) is 5.92 Å². The Morgan fingerprint density at radius 1 is 0.325 bits per heavy atom. The van der Waals surface area contributed by atoms with Crippen LogP contribution in [0.2, 0.25) is 0 Å². The SMILES string of the molecule is CC1=[C-]C(C)C(C)=C1C.Cc1c([Si](c2cc(Cc3ccccc3)c(Cc3ccccc3)c(C)c2C)c2cc(Cc3ccccc3)c(Cc3ccccc3)c(C)c2C)cc(Cc2ccccc2)c(Cc2ccccc2)c1C.Cl.Cl.Cl.[Ti]. The van der Waals surface area contributed by atoms with Gasteiger partial charge in [-0.2, -0.15) is 11.1 Å². The molecule has 0 aromatic heterocycles. The van der Waals surface area contributed by atoms with Crippen LogP contribution in [0, 0.1) is 53.5 Å². The van der Waals surface area contributed by atoms with Crippen LogP contribution in [-0.2, 0) is 60.2 Å². The molecule has 1 radical (unpaired) electrons. The van der Waals surface area contributed by atoms with E-state index in [-0.39, 0.29) is 58.9 Å². The fourth-order valence-electron chi connectivity index (χ4n) is 11.6. The van der Waals surface area contributed by atoms with E-state index in [2.05, 4.69) is 276 Å². The molecule has 0 amide bonds. The van der Waals surface area contributed by atoms with E-state index < -0.39 is 8.80 Å². The molecule has 0 fully saturated rings. The van der Waals surface area contributed by atoms with Crippen molar-refractivity contribution in [3.63, 3.8) is 0 Å². The van der Waals surface area contributed by atoms with Gasteiger partial charge in [0.2, 0.25) is 0 Å². The van der Waals surface area contributed by atoms with Crippen LogP contribution in [-0.4, -0.2) is 8.80 Å². The van der Waals surface area contributed by atoms with Crippen molar-refractivity contribution in [1.29, 1.82) is 0 Å². The van der Waals surface area contributed by atoms with Gasteiger partial charge in [-0.3, -0.25) is 6.08 Å². The van der Waals surface area contributed by atoms with Gasteiger partial charge in [-0.15, -0.1) is 44.1 Å². The maximum atomic E-state index is 3.36. The van der Waals surface area contributed by atoms with Gasteiger partial charge in [-0.25, -0.2) is 5.57 Å². The molecule has 0 saturated carbocycles. The summed E-state index contributed by atoms with van der Waals surface area (Å²) in [7, 11) is -1.64. The summed E-state index contributed by atoms with van der Waals surface area (Å²) in [6.07, 6.45) is 8.79. The fourth-order valence-corrected chi connectivity index (χ4v) is 15.1. The molecule has 1 aliphatic carbocycles. The Morgan fingerprint density at radius 3 is 0.738 bits per heavy atom. The minimum absolute atomic E-state index is 0. The normalized spacial score (nSPS) is 12.5. The first-order valence-electron chi connectivity index (χ1n) is 27.6. The van der Waals surface area contributed by atoms with Crippen molar-refractivity contribution in [3.05, 3.63) is 323 Å². The Morgan fingerprint density at radius 2 is 0.550 bits per heavy atom. The summed E-state index contributed by atoms with van der Waals surface area (Å²) in [4.78, 5) is 0. The fraction of sp³-hybridized carbons (Fsp3) is 0.227. The van der Waals surface area contributed by atoms with Crippen LogP contribution in [0.3, 0.4) is 0 Å². The molecule has 80 heavy (non-hydrogen) atoms. The van der Waals surface area contributed by atoms with E-state index in [1.165, 1.54) is 132 Å². The maximum absolute atomic E-state index is 3.36. The molecule has 409 valence electrons. The summed E-state index contributed by atoms with van der Waals surface area (Å²) >= 11 is 0. The van der Waals surface area contributed by atoms with Gasteiger partial charge < -0.3 is 0 Å². The Bertz CT molecular complexity index is 3160. The summed E-state index contributed by atoms with van der Waals surface area (Å²) in [6, 6.07) is 74.7. The molecular formula is C75H79Cl3SiTi-. The zero-order valence-electron chi connectivity index (χ0n) is 48.6. The minimum atomic E-state index is -1.64. The molecule has 1 aliphatic rings. The first kappa shape index (κ1) is 65.1. The van der Waals surface area contributed by atoms with Crippen molar-refractivity contribution < 1.29 is 21.7 Å². The van der Waals surface area contributed by atoms with Gasteiger partial charge in [0.05, 0.1) is 0 Å². The Labute approximate surface area is 516 Å². The summed E-state index contributed by atoms with van der Waals surface area (Å²) in [6.45, 7) is 23.2. The molecule has 9 aromatic rings. The number of halogens is 3. The Kier molecular flexibility index (Phi) is 24.7. The molecular weight excluding hydrogens is 1080 g/mol. The number of rotatable bonds is 15. The van der Waals surface area contributed by atoms with Crippen LogP contribution in [0.4, 0.5) is 0 Å². The zero-order chi connectivity index (χ0) is 53.3. The van der Waals surface area contributed by atoms with Crippen molar-refractivity contribution in [2.45, 2.75) is 108 Å². The second kappa shape index (κ2) is 30.4. The third kappa shape index (κ3) is 15.4. The molecule has 0 N–H and O–H groups in total. The first-order valence-corrected chi connectivity index (χ1v) is 29.1. The minimum Gasteiger partial charge on any atom is -0.266 e. The monoisotopic (exact) mass is 1160 g/mol. The Hall–Kier alpha value is -5.74. The van der Waals surface area contributed by atoms with E-state index in [0.29, 0.717) is 5.92 Å². The third-order valence-corrected chi connectivity index (χ3v) is 20.0. The van der Waals surface area contributed by atoms with Gasteiger partial charge in [-0.1, -0.05) is 227 Å². The summed E-state index contributed by atoms with van der Waals surface area (Å²) in [5.74, 6) is 0.560. The number of allylic oxidation sites excluding steroid dienone is 4. The van der Waals surface area contributed by atoms with Gasteiger partial charge in [0.25, 0.3) is 0 Å². The van der Waals surface area contributed by atoms with Gasteiger partial charge in [-0.05, 0) is 196 Å². The second-order valence-corrected chi connectivity index (χ2v) is 23.9. The molecule has 1 unspecified atom stereocenters. The largest absolute Gasteiger partial charge is 0.266 e. The summed E-state index contributed by atoms with van der Waals surface area (Å²) in [5.41, 5.74) is 29.6. The van der Waals surface area contributed by atoms with Crippen LogP contribution in [0.25, 0.3) is 0 Å². The van der Waals surface area contributed by atoms with Crippen molar-refractivity contribution >= 4 is 61.6 Å². The molecule has 10 rings (SSSR count). The van der Waals surface area contributed by atoms with Gasteiger partial charge in [0, 0.05) is 21.7 Å². The van der Waals surface area contributed by atoms with Gasteiger partial charge in [0.15, 0.2) is 8.80 Å². The quantitative estimate of drug-likeness (QED) is 0.0545. The zero-order valence-corrected chi connectivity index (χ0v) is 53.6. The standard InChI is InChI=1S/C66H63Si.C9H13.3ClH.Ti/c1-46-49(4)64(43-58(37-52-25-13-7-14-26-52)61(46)40-55-31-19-10-20-32-55)67(65-44-59(38-53-27-15-8-16-28-53)62(47(2)50(65)5)41-56-33-21-11-22-34-56)66-45-60(39-54-29-17-9-18-30-54)63(48(3)51(66)6)42-57-35-23-12-24-36-57;1-6-5-7(2)9(4)8(6)3;;;;/h7-36,43-45H,37-42H2,1-6H3;6H,1-4H3;3*1H;/q;-1;;;;. The molecule has 1 atom stereocenters. The van der Waals surface area contributed by atoms with Gasteiger partial charge in [0.1, 0.15) is 0 Å². The molecule has 9 aromatic carbocycles. The van der Waals surface area contributed by atoms with Crippen molar-refractivity contribution in [2.75, 3.05) is 0 Å². The second-order valence-electron chi connectivity index (χ2n) is 21.6. The predicted octanol–water partition coefficient (Wildman–Crippen LogP) is 17.6. The molecule has 0 heterocycles. The molecule has 5 heteroatoms. The summed E-state index contributed by atoms with van der Waals surface area (Å²) in [5, 5.41) is 4.54. The van der Waals surface area contributed by atoms with Gasteiger partial charge >= 0.3 is 0 Å². The maximum Gasteiger partial charge on any atom is 0.155 e. The first-order chi connectivity index (χ1) is 36.8. The average molecular weight is 1160 g/mol. The number of hydrogen-bond acceptors (Lipinski definition) is 0. The predicted molar refractivity (Wildman–Crippen MR) is 350 cm³/mol. The van der Waals surface area contributed by atoms with Crippen molar-refractivity contribution in [3.8, 4) is 0 Å². The molecule has 0 spiro atoms. The van der Waals surface area contributed by atoms with Crippen LogP contribution in [0.5, 0.6) is 0 Å². The van der Waals surface area contributed by atoms with E-state index in [0.717, 1.165) is 38.5 Å². The molecule has 0 saturated heterocycles. The molecule has 0 bridgehead atoms. The Balaban J connectivity index is 0.000000825. The van der Waals surface area contributed by atoms with E-state index in [4.69, 9.17) is 0 Å². The van der Waals surface area contributed by atoms with Crippen LogP contribution in [0.1, 0.15) is 128 Å².